The molecule has 1 aromatic heterocycles. The van der Waals surface area contributed by atoms with Crippen LogP contribution in [0.5, 0.6) is 0 Å². The SMILES string of the molecule is Cn1c(=O)oc2cc(C(O)CCOCC(F)F)ccc21. The molecule has 0 fully saturated rings. The Labute approximate surface area is 113 Å². The zero-order valence-corrected chi connectivity index (χ0v) is 10.9. The molecule has 0 bridgehead atoms. The third kappa shape index (κ3) is 3.23. The van der Waals surface area contributed by atoms with Crippen LogP contribution >= 0.6 is 0 Å². The van der Waals surface area contributed by atoms with Crippen LogP contribution in [0.25, 0.3) is 11.1 Å². The standard InChI is InChI=1S/C13H15F2NO4/c1-16-9-3-2-8(6-11(9)20-13(16)18)10(17)4-5-19-7-12(14)15/h2-3,6,10,12,17H,4-5,7H2,1H3. The average molecular weight is 287 g/mol. The van der Waals surface area contributed by atoms with Crippen molar-refractivity contribution in [3.63, 3.8) is 0 Å². The lowest BCUT2D eigenvalue weighted by Gasteiger charge is -2.11. The van der Waals surface area contributed by atoms with Gasteiger partial charge in [0, 0.05) is 20.1 Å². The molecule has 0 saturated heterocycles. The van der Waals surface area contributed by atoms with Crippen LogP contribution in [-0.2, 0) is 11.8 Å². The van der Waals surface area contributed by atoms with Gasteiger partial charge in [-0.15, -0.1) is 0 Å². The monoisotopic (exact) mass is 287 g/mol. The zero-order valence-electron chi connectivity index (χ0n) is 10.9. The highest BCUT2D eigenvalue weighted by Gasteiger charge is 2.12. The molecule has 0 saturated carbocycles. The zero-order chi connectivity index (χ0) is 14.7. The second-order valence-corrected chi connectivity index (χ2v) is 4.42. The van der Waals surface area contributed by atoms with Gasteiger partial charge in [0.2, 0.25) is 0 Å². The van der Waals surface area contributed by atoms with Crippen molar-refractivity contribution >= 4 is 11.1 Å². The first-order chi connectivity index (χ1) is 9.49. The average Bonchev–Trinajstić information content (AvgIpc) is 2.69. The van der Waals surface area contributed by atoms with Gasteiger partial charge in [-0.05, 0) is 17.7 Å². The predicted octanol–water partition coefficient (Wildman–Crippen LogP) is 1.84. The molecule has 1 heterocycles. The van der Waals surface area contributed by atoms with E-state index in [0.29, 0.717) is 16.7 Å². The van der Waals surface area contributed by atoms with E-state index in [9.17, 15) is 18.7 Å². The normalized spacial score (nSPS) is 13.2. The van der Waals surface area contributed by atoms with Gasteiger partial charge in [-0.2, -0.15) is 0 Å². The summed E-state index contributed by atoms with van der Waals surface area (Å²) >= 11 is 0. The van der Waals surface area contributed by atoms with E-state index in [0.717, 1.165) is 0 Å². The molecular formula is C13H15F2NO4. The maximum absolute atomic E-state index is 11.9. The number of aromatic nitrogens is 1. The fourth-order valence-corrected chi connectivity index (χ4v) is 1.89. The first-order valence-electron chi connectivity index (χ1n) is 6.12. The highest BCUT2D eigenvalue weighted by Crippen LogP contribution is 2.21. The number of halogens is 2. The molecule has 20 heavy (non-hydrogen) atoms. The van der Waals surface area contributed by atoms with Crippen molar-refractivity contribution in [2.75, 3.05) is 13.2 Å². The first-order valence-corrected chi connectivity index (χ1v) is 6.12. The van der Waals surface area contributed by atoms with Gasteiger partial charge in [-0.25, -0.2) is 13.6 Å². The predicted molar refractivity (Wildman–Crippen MR) is 67.9 cm³/mol. The lowest BCUT2D eigenvalue weighted by Crippen LogP contribution is -2.09. The Kier molecular flexibility index (Phi) is 4.51. The lowest BCUT2D eigenvalue weighted by atomic mass is 10.1. The Morgan fingerprint density at radius 2 is 2.20 bits per heavy atom. The second-order valence-electron chi connectivity index (χ2n) is 4.42. The van der Waals surface area contributed by atoms with E-state index >= 15 is 0 Å². The molecule has 0 amide bonds. The molecule has 5 nitrogen and oxygen atoms in total. The maximum Gasteiger partial charge on any atom is 0.419 e. The molecule has 1 unspecified atom stereocenters. The number of nitrogens with zero attached hydrogens (tertiary/aromatic N) is 1. The summed E-state index contributed by atoms with van der Waals surface area (Å²) in [5.74, 6) is -0.480. The van der Waals surface area contributed by atoms with Crippen LogP contribution < -0.4 is 5.76 Å². The topological polar surface area (TPSA) is 64.6 Å². The van der Waals surface area contributed by atoms with Crippen LogP contribution in [0.15, 0.2) is 27.4 Å². The van der Waals surface area contributed by atoms with Gasteiger partial charge in [0.25, 0.3) is 6.43 Å². The van der Waals surface area contributed by atoms with Crippen LogP contribution in [0.2, 0.25) is 0 Å². The molecular weight excluding hydrogens is 272 g/mol. The molecule has 2 rings (SSSR count). The second kappa shape index (κ2) is 6.15. The number of fused-ring (bicyclic) bond motifs is 1. The number of rotatable bonds is 6. The van der Waals surface area contributed by atoms with Crippen LogP contribution in [0.1, 0.15) is 18.1 Å². The number of aliphatic hydroxyl groups excluding tert-OH is 1. The molecule has 1 aromatic carbocycles. The summed E-state index contributed by atoms with van der Waals surface area (Å²) in [6.45, 7) is -0.610. The van der Waals surface area contributed by atoms with Crippen molar-refractivity contribution in [2.24, 2.45) is 7.05 Å². The molecule has 0 aliphatic carbocycles. The Balaban J connectivity index is 2.03. The van der Waals surface area contributed by atoms with Crippen molar-refractivity contribution in [1.29, 1.82) is 0 Å². The number of hydrogen-bond acceptors (Lipinski definition) is 4. The van der Waals surface area contributed by atoms with Gasteiger partial charge < -0.3 is 14.3 Å². The van der Waals surface area contributed by atoms with Crippen molar-refractivity contribution in [3.8, 4) is 0 Å². The van der Waals surface area contributed by atoms with Crippen molar-refractivity contribution in [1.82, 2.24) is 4.57 Å². The molecule has 7 heteroatoms. The highest BCUT2D eigenvalue weighted by atomic mass is 19.3. The van der Waals surface area contributed by atoms with Gasteiger partial charge in [0.05, 0.1) is 11.6 Å². The van der Waals surface area contributed by atoms with Gasteiger partial charge in [0.1, 0.15) is 6.61 Å². The number of oxazole rings is 1. The summed E-state index contributed by atoms with van der Waals surface area (Å²) in [5.41, 5.74) is 1.55. The van der Waals surface area contributed by atoms with Crippen LogP contribution in [0, 0.1) is 0 Å². The van der Waals surface area contributed by atoms with Crippen LogP contribution in [0.4, 0.5) is 8.78 Å². The van der Waals surface area contributed by atoms with Gasteiger partial charge >= 0.3 is 5.76 Å². The number of ether oxygens (including phenoxy) is 1. The summed E-state index contributed by atoms with van der Waals surface area (Å²) in [6.07, 6.45) is -3.18. The molecule has 2 aromatic rings. The minimum Gasteiger partial charge on any atom is -0.408 e. The molecule has 0 aliphatic heterocycles. The maximum atomic E-state index is 11.9. The van der Waals surface area contributed by atoms with Gasteiger partial charge in [-0.1, -0.05) is 6.07 Å². The smallest absolute Gasteiger partial charge is 0.408 e. The van der Waals surface area contributed by atoms with Crippen LogP contribution in [0.3, 0.4) is 0 Å². The van der Waals surface area contributed by atoms with Crippen molar-refractivity contribution in [2.45, 2.75) is 19.0 Å². The van der Waals surface area contributed by atoms with Crippen LogP contribution in [-0.4, -0.2) is 29.3 Å². The summed E-state index contributed by atoms with van der Waals surface area (Å²) in [6, 6.07) is 4.89. The van der Waals surface area contributed by atoms with Crippen molar-refractivity contribution in [3.05, 3.63) is 34.3 Å². The molecule has 0 spiro atoms. The summed E-state index contributed by atoms with van der Waals surface area (Å²) in [7, 11) is 1.59. The Morgan fingerprint density at radius 3 is 2.90 bits per heavy atom. The van der Waals surface area contributed by atoms with E-state index in [1.807, 2.05) is 0 Å². The number of alkyl halides is 2. The molecule has 1 N–H and O–H groups in total. The number of aliphatic hydroxyl groups is 1. The van der Waals surface area contributed by atoms with Gasteiger partial charge in [-0.3, -0.25) is 4.57 Å². The molecule has 1 atom stereocenters. The van der Waals surface area contributed by atoms with Crippen molar-refractivity contribution < 1.29 is 23.0 Å². The Bertz CT molecular complexity index is 635. The van der Waals surface area contributed by atoms with E-state index in [4.69, 9.17) is 9.15 Å². The number of benzene rings is 1. The fraction of sp³-hybridized carbons (Fsp3) is 0.462. The highest BCUT2D eigenvalue weighted by molar-refractivity contribution is 5.73. The minimum absolute atomic E-state index is 0.0300. The fourth-order valence-electron chi connectivity index (χ4n) is 1.89. The minimum atomic E-state index is -2.51. The number of aryl methyl sites for hydroxylation is 1. The molecule has 0 aliphatic rings. The third-order valence-corrected chi connectivity index (χ3v) is 2.98. The van der Waals surface area contributed by atoms with E-state index in [1.54, 1.807) is 25.2 Å². The number of hydrogen-bond donors (Lipinski definition) is 1. The van der Waals surface area contributed by atoms with Gasteiger partial charge in [0.15, 0.2) is 5.58 Å². The summed E-state index contributed by atoms with van der Waals surface area (Å²) in [4.78, 5) is 11.3. The summed E-state index contributed by atoms with van der Waals surface area (Å²) in [5, 5.41) is 9.93. The largest absolute Gasteiger partial charge is 0.419 e. The summed E-state index contributed by atoms with van der Waals surface area (Å²) < 4.78 is 34.8. The van der Waals surface area contributed by atoms with E-state index in [-0.39, 0.29) is 13.0 Å². The Hall–Kier alpha value is -1.73. The molecule has 110 valence electrons. The van der Waals surface area contributed by atoms with E-state index < -0.39 is 24.9 Å². The van der Waals surface area contributed by atoms with E-state index in [1.165, 1.54) is 4.57 Å². The third-order valence-electron chi connectivity index (χ3n) is 2.98. The quantitative estimate of drug-likeness (QED) is 0.823. The first kappa shape index (κ1) is 14.7. The Morgan fingerprint density at radius 1 is 1.45 bits per heavy atom. The van der Waals surface area contributed by atoms with E-state index in [2.05, 4.69) is 0 Å². The molecule has 0 radical (unpaired) electrons. The lowest BCUT2D eigenvalue weighted by molar-refractivity contribution is 0.00482.